The van der Waals surface area contributed by atoms with Gasteiger partial charge in [-0.05, 0) is 24.6 Å². The summed E-state index contributed by atoms with van der Waals surface area (Å²) in [6.07, 6.45) is 4.36. The molecule has 168 valence electrons. The lowest BCUT2D eigenvalue weighted by atomic mass is 10.1. The highest BCUT2D eigenvalue weighted by molar-refractivity contribution is 8.45. The third-order valence-corrected chi connectivity index (χ3v) is 15.8. The zero-order valence-corrected chi connectivity index (χ0v) is 23.9. The Morgan fingerprint density at radius 2 is 1.09 bits per heavy atom. The normalized spacial score (nSPS) is 22.2. The summed E-state index contributed by atoms with van der Waals surface area (Å²) >= 11 is 15.3. The molecular weight excluding hydrogens is 553 g/mol. The quantitative estimate of drug-likeness (QED) is 0.345. The van der Waals surface area contributed by atoms with E-state index in [-0.39, 0.29) is 0 Å². The first-order valence-electron chi connectivity index (χ1n) is 9.82. The summed E-state index contributed by atoms with van der Waals surface area (Å²) in [6.45, 7) is 1.36. The van der Waals surface area contributed by atoms with Gasteiger partial charge in [-0.3, -0.25) is 0 Å². The number of thioether (sulfide) groups is 8. The molecule has 3 aliphatic heterocycles. The fraction of sp³-hybridized carbons (Fsp3) is 0.273. The molecule has 0 aliphatic carbocycles. The number of ether oxygens (including phenoxy) is 2. The Hall–Kier alpha value is 0.320. The van der Waals surface area contributed by atoms with Gasteiger partial charge in [0.2, 0.25) is 0 Å². The van der Waals surface area contributed by atoms with Crippen molar-refractivity contribution in [3.63, 3.8) is 0 Å². The van der Waals surface area contributed by atoms with E-state index in [1.54, 1.807) is 0 Å². The minimum Gasteiger partial charge on any atom is -0.492 e. The molecular formula is C22H20O2S8. The number of rotatable bonds is 2. The fourth-order valence-corrected chi connectivity index (χ4v) is 14.1. The predicted octanol–water partition coefficient (Wildman–Crippen LogP) is 9.14. The molecule has 0 unspecified atom stereocenters. The molecule has 0 saturated heterocycles. The summed E-state index contributed by atoms with van der Waals surface area (Å²) in [5.74, 6) is 3.72. The van der Waals surface area contributed by atoms with Gasteiger partial charge in [0.15, 0.2) is 0 Å². The summed E-state index contributed by atoms with van der Waals surface area (Å²) in [4.78, 5) is 0. The first-order valence-corrected chi connectivity index (χ1v) is 17.5. The predicted molar refractivity (Wildman–Crippen MR) is 158 cm³/mol. The molecule has 8 bridgehead atoms. The largest absolute Gasteiger partial charge is 0.492 e. The van der Waals surface area contributed by atoms with Crippen LogP contribution >= 0.6 is 94.1 Å². The molecule has 0 aromatic heterocycles. The van der Waals surface area contributed by atoms with E-state index in [1.807, 2.05) is 94.1 Å². The zero-order chi connectivity index (χ0) is 21.9. The molecule has 0 spiro atoms. The van der Waals surface area contributed by atoms with Crippen LogP contribution in [0.1, 0.15) is 0 Å². The third-order valence-electron chi connectivity index (χ3n) is 4.60. The van der Waals surface area contributed by atoms with Gasteiger partial charge in [-0.25, -0.2) is 0 Å². The van der Waals surface area contributed by atoms with E-state index in [9.17, 15) is 0 Å². The van der Waals surface area contributed by atoms with Crippen LogP contribution in [0.15, 0.2) is 61.8 Å². The van der Waals surface area contributed by atoms with Crippen LogP contribution in [-0.2, 0) is 0 Å². The molecule has 32 heavy (non-hydrogen) atoms. The van der Waals surface area contributed by atoms with Crippen LogP contribution < -0.4 is 9.47 Å². The second-order valence-electron chi connectivity index (χ2n) is 6.54. The Labute approximate surface area is 223 Å². The highest BCUT2D eigenvalue weighted by Gasteiger charge is 2.30. The lowest BCUT2D eigenvalue weighted by molar-refractivity contribution is 0.344. The molecule has 0 fully saturated rings. The SMILES string of the molecule is CSC1=C2SCCOc3cccc4c(cccc34)OCCSC3=C(SC)S/C(=C(\S1)S2)S3. The first-order chi connectivity index (χ1) is 15.8. The van der Waals surface area contributed by atoms with E-state index in [0.717, 1.165) is 33.8 Å². The Bertz CT molecular complexity index is 1040. The van der Waals surface area contributed by atoms with Crippen molar-refractivity contribution in [2.24, 2.45) is 0 Å². The maximum atomic E-state index is 6.21. The van der Waals surface area contributed by atoms with Gasteiger partial charge in [-0.15, -0.1) is 47.0 Å². The van der Waals surface area contributed by atoms with Gasteiger partial charge in [0.25, 0.3) is 0 Å². The maximum absolute atomic E-state index is 6.21. The van der Waals surface area contributed by atoms with E-state index in [1.165, 1.54) is 25.4 Å². The molecule has 3 aliphatic rings. The first kappa shape index (κ1) is 24.0. The van der Waals surface area contributed by atoms with Crippen molar-refractivity contribution in [2.45, 2.75) is 0 Å². The Kier molecular flexibility index (Phi) is 8.54. The highest BCUT2D eigenvalue weighted by atomic mass is 32.3. The molecule has 0 saturated carbocycles. The van der Waals surface area contributed by atoms with Crippen LogP contribution in [-0.4, -0.2) is 37.2 Å². The molecule has 5 rings (SSSR count). The van der Waals surface area contributed by atoms with Gasteiger partial charge in [0, 0.05) is 22.3 Å². The second-order valence-corrected chi connectivity index (χ2v) is 16.0. The third kappa shape index (κ3) is 5.27. The van der Waals surface area contributed by atoms with Crippen molar-refractivity contribution in [1.29, 1.82) is 0 Å². The van der Waals surface area contributed by atoms with E-state index in [0.29, 0.717) is 13.2 Å². The molecule has 0 N–H and O–H groups in total. The number of fused-ring (bicyclic) bond motifs is 4. The van der Waals surface area contributed by atoms with Crippen molar-refractivity contribution in [1.82, 2.24) is 0 Å². The molecule has 0 amide bonds. The Morgan fingerprint density at radius 1 is 0.625 bits per heavy atom. The van der Waals surface area contributed by atoms with Crippen molar-refractivity contribution in [3.8, 4) is 11.5 Å². The van der Waals surface area contributed by atoms with E-state index >= 15 is 0 Å². The number of hydrogen-bond donors (Lipinski definition) is 0. The minimum atomic E-state index is 0.680. The molecule has 10 heteroatoms. The van der Waals surface area contributed by atoms with Crippen molar-refractivity contribution in [2.75, 3.05) is 37.2 Å². The lowest BCUT2D eigenvalue weighted by Gasteiger charge is -2.13. The monoisotopic (exact) mass is 572 g/mol. The van der Waals surface area contributed by atoms with Crippen LogP contribution in [0, 0.1) is 0 Å². The molecule has 0 radical (unpaired) electrons. The van der Waals surface area contributed by atoms with Crippen molar-refractivity contribution < 1.29 is 9.47 Å². The average molecular weight is 573 g/mol. The maximum Gasteiger partial charge on any atom is 0.127 e. The van der Waals surface area contributed by atoms with Crippen LogP contribution in [0.5, 0.6) is 11.5 Å². The molecule has 2 aromatic rings. The summed E-state index contributed by atoms with van der Waals surface area (Å²) < 4.78 is 20.9. The highest BCUT2D eigenvalue weighted by Crippen LogP contribution is 2.65. The molecule has 2 aromatic carbocycles. The zero-order valence-electron chi connectivity index (χ0n) is 17.4. The average Bonchev–Trinajstić information content (AvgIpc) is 3.42. The number of benzene rings is 2. The number of hydrogen-bond acceptors (Lipinski definition) is 10. The summed E-state index contributed by atoms with van der Waals surface area (Å²) in [7, 11) is 0. The topological polar surface area (TPSA) is 18.5 Å². The van der Waals surface area contributed by atoms with Gasteiger partial charge >= 0.3 is 0 Å². The van der Waals surface area contributed by atoms with Crippen molar-refractivity contribution >= 4 is 105 Å². The summed E-state index contributed by atoms with van der Waals surface area (Å²) in [5.41, 5.74) is 0. The Balaban J connectivity index is 1.44. The fourth-order valence-electron chi connectivity index (χ4n) is 3.21. The molecule has 0 atom stereocenters. The van der Waals surface area contributed by atoms with E-state index in [4.69, 9.17) is 9.47 Å². The standard InChI is InChI=1S/C22H20O2S8/c1-25-17-19-27-11-9-23-15-7-3-6-14-13(15)5-4-8-16(14)24-10-12-28-20-18(26-2)30-22(32-20)21(29-17)31-19/h3-8H,9-12H2,1-2H3/b22-21-. The van der Waals surface area contributed by atoms with Gasteiger partial charge in [0.05, 0.1) is 38.6 Å². The second kappa shape index (κ2) is 11.4. The van der Waals surface area contributed by atoms with Gasteiger partial charge < -0.3 is 9.47 Å². The lowest BCUT2D eigenvalue weighted by Crippen LogP contribution is -2.02. The van der Waals surface area contributed by atoms with Crippen LogP contribution in [0.3, 0.4) is 0 Å². The summed E-state index contributed by atoms with van der Waals surface area (Å²) in [6, 6.07) is 12.5. The Morgan fingerprint density at radius 3 is 1.53 bits per heavy atom. The van der Waals surface area contributed by atoms with Crippen molar-refractivity contribution in [3.05, 3.63) is 61.8 Å². The van der Waals surface area contributed by atoms with E-state index < -0.39 is 0 Å². The van der Waals surface area contributed by atoms with Crippen LogP contribution in [0.2, 0.25) is 0 Å². The van der Waals surface area contributed by atoms with E-state index in [2.05, 4.69) is 48.9 Å². The molecule has 2 nitrogen and oxygen atoms in total. The van der Waals surface area contributed by atoms with Gasteiger partial charge in [-0.1, -0.05) is 71.3 Å². The minimum absolute atomic E-state index is 0.680. The van der Waals surface area contributed by atoms with Crippen LogP contribution in [0.25, 0.3) is 10.8 Å². The summed E-state index contributed by atoms with van der Waals surface area (Å²) in [5, 5.41) is 2.23. The van der Waals surface area contributed by atoms with Gasteiger partial charge in [-0.2, -0.15) is 0 Å². The molecule has 3 heterocycles. The van der Waals surface area contributed by atoms with Crippen LogP contribution in [0.4, 0.5) is 0 Å². The smallest absolute Gasteiger partial charge is 0.127 e. The van der Waals surface area contributed by atoms with Gasteiger partial charge in [0.1, 0.15) is 11.5 Å².